The van der Waals surface area contributed by atoms with Crippen LogP contribution in [0.15, 0.2) is 6.33 Å². The molecule has 1 aromatic rings. The molecule has 0 radical (unpaired) electrons. The molecule has 0 spiro atoms. The Kier molecular flexibility index (Phi) is 5.69. The quantitative estimate of drug-likeness (QED) is 0.560. The monoisotopic (exact) mass is 237 g/mol. The van der Waals surface area contributed by atoms with E-state index in [1.807, 2.05) is 0 Å². The van der Waals surface area contributed by atoms with Crippen molar-refractivity contribution in [2.75, 3.05) is 23.4 Å². The van der Waals surface area contributed by atoms with Crippen LogP contribution in [-0.2, 0) is 6.42 Å². The minimum absolute atomic E-state index is 0.731. The molecule has 1 aromatic heterocycles. The SMILES string of the molecule is CCCN(CCC)c1ncnc(NN)c1CC. The summed E-state index contributed by atoms with van der Waals surface area (Å²) in [5.74, 6) is 7.23. The predicted octanol–water partition coefficient (Wildman–Crippen LogP) is 1.95. The lowest BCUT2D eigenvalue weighted by Crippen LogP contribution is -2.28. The average Bonchev–Trinajstić information content (AvgIpc) is 2.37. The molecule has 0 saturated heterocycles. The highest BCUT2D eigenvalue weighted by atomic mass is 15.3. The molecule has 0 bridgehead atoms. The number of nitrogens with zero attached hydrogens (tertiary/aromatic N) is 3. The summed E-state index contributed by atoms with van der Waals surface area (Å²) in [5, 5.41) is 0. The van der Waals surface area contributed by atoms with Crippen LogP contribution in [0.4, 0.5) is 11.6 Å². The Morgan fingerprint density at radius 2 is 1.82 bits per heavy atom. The molecule has 0 aliphatic heterocycles. The molecular weight excluding hydrogens is 214 g/mol. The third-order valence-electron chi connectivity index (χ3n) is 2.70. The zero-order valence-electron chi connectivity index (χ0n) is 11.0. The highest BCUT2D eigenvalue weighted by molar-refractivity contribution is 5.58. The minimum atomic E-state index is 0.731. The molecule has 5 nitrogen and oxygen atoms in total. The first kappa shape index (κ1) is 13.7. The average molecular weight is 237 g/mol. The van der Waals surface area contributed by atoms with E-state index < -0.39 is 0 Å². The summed E-state index contributed by atoms with van der Waals surface area (Å²) in [6.45, 7) is 8.48. The number of hydrazine groups is 1. The molecule has 1 rings (SSSR count). The van der Waals surface area contributed by atoms with Gasteiger partial charge in [0.2, 0.25) is 0 Å². The topological polar surface area (TPSA) is 67.1 Å². The first-order valence-corrected chi connectivity index (χ1v) is 6.33. The Balaban J connectivity index is 3.07. The molecule has 0 aromatic carbocycles. The van der Waals surface area contributed by atoms with E-state index >= 15 is 0 Å². The standard InChI is InChI=1S/C12H23N5/c1-4-7-17(8-5-2)12-10(6-3)11(16-13)14-9-15-12/h9H,4-8,13H2,1-3H3,(H,14,15,16). The lowest BCUT2D eigenvalue weighted by atomic mass is 10.2. The molecule has 0 unspecified atom stereocenters. The third kappa shape index (κ3) is 3.30. The van der Waals surface area contributed by atoms with Crippen LogP contribution in [0, 0.1) is 0 Å². The van der Waals surface area contributed by atoms with Gasteiger partial charge in [0.1, 0.15) is 18.0 Å². The fourth-order valence-electron chi connectivity index (χ4n) is 1.99. The van der Waals surface area contributed by atoms with E-state index in [-0.39, 0.29) is 0 Å². The highest BCUT2D eigenvalue weighted by Crippen LogP contribution is 2.23. The molecule has 96 valence electrons. The first-order valence-electron chi connectivity index (χ1n) is 6.33. The van der Waals surface area contributed by atoms with Crippen molar-refractivity contribution in [2.24, 2.45) is 5.84 Å². The number of anilines is 2. The van der Waals surface area contributed by atoms with Crippen molar-refractivity contribution < 1.29 is 0 Å². The van der Waals surface area contributed by atoms with Gasteiger partial charge in [-0.2, -0.15) is 0 Å². The van der Waals surface area contributed by atoms with Crippen molar-refractivity contribution in [3.8, 4) is 0 Å². The largest absolute Gasteiger partial charge is 0.356 e. The van der Waals surface area contributed by atoms with Crippen molar-refractivity contribution in [2.45, 2.75) is 40.0 Å². The van der Waals surface area contributed by atoms with Crippen LogP contribution in [0.3, 0.4) is 0 Å². The van der Waals surface area contributed by atoms with Crippen LogP contribution < -0.4 is 16.2 Å². The molecule has 0 aliphatic carbocycles. The van der Waals surface area contributed by atoms with Gasteiger partial charge in [0.05, 0.1) is 0 Å². The minimum Gasteiger partial charge on any atom is -0.356 e. The Bertz CT molecular complexity index is 334. The van der Waals surface area contributed by atoms with Gasteiger partial charge in [-0.3, -0.25) is 0 Å². The van der Waals surface area contributed by atoms with Gasteiger partial charge in [-0.15, -0.1) is 0 Å². The van der Waals surface area contributed by atoms with Gasteiger partial charge in [0, 0.05) is 18.7 Å². The lowest BCUT2D eigenvalue weighted by Gasteiger charge is -2.25. The lowest BCUT2D eigenvalue weighted by molar-refractivity contribution is 0.727. The maximum atomic E-state index is 5.48. The van der Waals surface area contributed by atoms with E-state index in [2.05, 4.69) is 41.1 Å². The van der Waals surface area contributed by atoms with Crippen molar-refractivity contribution in [1.29, 1.82) is 0 Å². The molecule has 0 saturated carbocycles. The molecule has 1 heterocycles. The second-order valence-electron chi connectivity index (χ2n) is 4.01. The van der Waals surface area contributed by atoms with Crippen LogP contribution in [0.1, 0.15) is 39.2 Å². The number of hydrogen-bond acceptors (Lipinski definition) is 5. The molecule has 0 amide bonds. The first-order chi connectivity index (χ1) is 8.28. The van der Waals surface area contributed by atoms with Crippen LogP contribution in [0.5, 0.6) is 0 Å². The van der Waals surface area contributed by atoms with Crippen molar-refractivity contribution in [1.82, 2.24) is 9.97 Å². The number of hydrogen-bond donors (Lipinski definition) is 2. The van der Waals surface area contributed by atoms with Crippen molar-refractivity contribution >= 4 is 11.6 Å². The number of aromatic nitrogens is 2. The van der Waals surface area contributed by atoms with Gasteiger partial charge in [0.15, 0.2) is 0 Å². The molecule has 17 heavy (non-hydrogen) atoms. The zero-order chi connectivity index (χ0) is 12.7. The predicted molar refractivity (Wildman–Crippen MR) is 72.0 cm³/mol. The normalized spacial score (nSPS) is 10.4. The van der Waals surface area contributed by atoms with E-state index in [1.54, 1.807) is 6.33 Å². The summed E-state index contributed by atoms with van der Waals surface area (Å²) in [6.07, 6.45) is 4.67. The second-order valence-corrected chi connectivity index (χ2v) is 4.01. The van der Waals surface area contributed by atoms with Crippen LogP contribution in [0.25, 0.3) is 0 Å². The Hall–Kier alpha value is -1.36. The second kappa shape index (κ2) is 7.06. The molecule has 0 atom stereocenters. The van der Waals surface area contributed by atoms with Crippen molar-refractivity contribution in [3.05, 3.63) is 11.9 Å². The van der Waals surface area contributed by atoms with E-state index in [0.29, 0.717) is 0 Å². The number of nitrogens with one attached hydrogen (secondary N) is 1. The molecule has 3 N–H and O–H groups in total. The summed E-state index contributed by atoms with van der Waals surface area (Å²) in [4.78, 5) is 10.9. The van der Waals surface area contributed by atoms with Crippen LogP contribution in [-0.4, -0.2) is 23.1 Å². The Morgan fingerprint density at radius 1 is 1.18 bits per heavy atom. The van der Waals surface area contributed by atoms with Crippen LogP contribution >= 0.6 is 0 Å². The van der Waals surface area contributed by atoms with Gasteiger partial charge in [-0.05, 0) is 19.3 Å². The van der Waals surface area contributed by atoms with Gasteiger partial charge in [0.25, 0.3) is 0 Å². The Morgan fingerprint density at radius 3 is 2.29 bits per heavy atom. The highest BCUT2D eigenvalue weighted by Gasteiger charge is 2.14. The van der Waals surface area contributed by atoms with Gasteiger partial charge in [-0.1, -0.05) is 20.8 Å². The van der Waals surface area contributed by atoms with Gasteiger partial charge in [-0.25, -0.2) is 15.8 Å². The smallest absolute Gasteiger partial charge is 0.148 e. The fraction of sp³-hybridized carbons (Fsp3) is 0.667. The summed E-state index contributed by atoms with van der Waals surface area (Å²) in [5.41, 5.74) is 3.74. The van der Waals surface area contributed by atoms with E-state index in [1.165, 1.54) is 0 Å². The summed E-state index contributed by atoms with van der Waals surface area (Å²) < 4.78 is 0. The van der Waals surface area contributed by atoms with Crippen molar-refractivity contribution in [3.63, 3.8) is 0 Å². The molecular formula is C12H23N5. The van der Waals surface area contributed by atoms with Crippen LogP contribution in [0.2, 0.25) is 0 Å². The van der Waals surface area contributed by atoms with Gasteiger partial charge < -0.3 is 10.3 Å². The molecule has 0 aliphatic rings. The Labute approximate surface area is 103 Å². The van der Waals surface area contributed by atoms with E-state index in [0.717, 1.165) is 49.6 Å². The third-order valence-corrected chi connectivity index (χ3v) is 2.70. The fourth-order valence-corrected chi connectivity index (χ4v) is 1.99. The maximum Gasteiger partial charge on any atom is 0.148 e. The summed E-state index contributed by atoms with van der Waals surface area (Å²) in [7, 11) is 0. The van der Waals surface area contributed by atoms with E-state index in [9.17, 15) is 0 Å². The molecule has 0 fully saturated rings. The number of nitrogens with two attached hydrogens (primary N) is 1. The van der Waals surface area contributed by atoms with E-state index in [4.69, 9.17) is 5.84 Å². The van der Waals surface area contributed by atoms with Gasteiger partial charge >= 0.3 is 0 Å². The number of rotatable bonds is 7. The summed E-state index contributed by atoms with van der Waals surface area (Å²) >= 11 is 0. The molecule has 5 heteroatoms. The maximum absolute atomic E-state index is 5.48. The zero-order valence-corrected chi connectivity index (χ0v) is 11.0. The summed E-state index contributed by atoms with van der Waals surface area (Å²) in [6, 6.07) is 0. The number of nitrogen functional groups attached to an aromatic ring is 1.